The molecule has 0 aliphatic carbocycles. The van der Waals surface area contributed by atoms with Gasteiger partial charge in [-0.3, -0.25) is 0 Å². The minimum Gasteiger partial charge on any atom is -0.229 e. The van der Waals surface area contributed by atoms with E-state index < -0.39 is 9.84 Å². The molecule has 0 bridgehead atoms. The summed E-state index contributed by atoms with van der Waals surface area (Å²) in [5.74, 6) is 2.30. The second kappa shape index (κ2) is 5.75. The van der Waals surface area contributed by atoms with E-state index in [-0.39, 0.29) is 0 Å². The molecule has 1 heterocycles. The van der Waals surface area contributed by atoms with Crippen LogP contribution in [0.5, 0.6) is 0 Å². The maximum absolute atomic E-state index is 11.3. The molecule has 1 saturated heterocycles. The van der Waals surface area contributed by atoms with Crippen molar-refractivity contribution >= 4 is 37.5 Å². The average Bonchev–Trinajstić information content (AvgIpc) is 2.46. The first-order chi connectivity index (χ1) is 6.55. The van der Waals surface area contributed by atoms with Crippen LogP contribution in [0.15, 0.2) is 0 Å². The van der Waals surface area contributed by atoms with E-state index in [1.165, 1.54) is 12.2 Å². The third-order valence-corrected chi connectivity index (χ3v) is 6.30. The van der Waals surface area contributed by atoms with Gasteiger partial charge in [0.2, 0.25) is 0 Å². The molecule has 1 aliphatic heterocycles. The fourth-order valence-corrected chi connectivity index (χ4v) is 5.13. The van der Waals surface area contributed by atoms with E-state index in [1.807, 2.05) is 11.8 Å². The Balaban J connectivity index is 2.29. The lowest BCUT2D eigenvalue weighted by molar-refractivity contribution is 0.538. The second-order valence-electron chi connectivity index (χ2n) is 3.81. The standard InChI is InChI=1S/C9H17BrO2S2/c1-13-5-2-3-9(10)8-4-6-14(11,12)7-8/h8-9H,2-7H2,1H3. The number of hydrogen-bond donors (Lipinski definition) is 0. The lowest BCUT2D eigenvalue weighted by Gasteiger charge is -2.15. The highest BCUT2D eigenvalue weighted by atomic mass is 79.9. The molecule has 2 unspecified atom stereocenters. The van der Waals surface area contributed by atoms with E-state index >= 15 is 0 Å². The van der Waals surface area contributed by atoms with Gasteiger partial charge in [0.1, 0.15) is 0 Å². The van der Waals surface area contributed by atoms with E-state index in [9.17, 15) is 8.42 Å². The van der Waals surface area contributed by atoms with Crippen LogP contribution in [0.25, 0.3) is 0 Å². The van der Waals surface area contributed by atoms with Crippen LogP contribution in [0.4, 0.5) is 0 Å². The predicted molar refractivity (Wildman–Crippen MR) is 67.1 cm³/mol. The molecule has 0 spiro atoms. The molecular weight excluding hydrogens is 284 g/mol. The Kier molecular flexibility index (Phi) is 5.28. The molecule has 1 rings (SSSR count). The van der Waals surface area contributed by atoms with Gasteiger partial charge in [0, 0.05) is 4.83 Å². The summed E-state index contributed by atoms with van der Waals surface area (Å²) in [6, 6.07) is 0. The van der Waals surface area contributed by atoms with Gasteiger partial charge in [0.15, 0.2) is 9.84 Å². The van der Waals surface area contributed by atoms with Crippen molar-refractivity contribution in [1.29, 1.82) is 0 Å². The molecular formula is C9H17BrO2S2. The molecule has 14 heavy (non-hydrogen) atoms. The van der Waals surface area contributed by atoms with Crippen molar-refractivity contribution in [3.05, 3.63) is 0 Å². The first kappa shape index (κ1) is 12.8. The zero-order chi connectivity index (χ0) is 10.6. The molecule has 5 heteroatoms. The topological polar surface area (TPSA) is 34.1 Å². The third-order valence-electron chi connectivity index (χ3n) is 2.61. The fourth-order valence-electron chi connectivity index (χ4n) is 1.77. The number of halogens is 1. The third kappa shape index (κ3) is 4.11. The van der Waals surface area contributed by atoms with Gasteiger partial charge >= 0.3 is 0 Å². The van der Waals surface area contributed by atoms with Gasteiger partial charge in [-0.2, -0.15) is 11.8 Å². The Hall–Kier alpha value is 0.780. The Bertz CT molecular complexity index is 264. The molecule has 0 amide bonds. The van der Waals surface area contributed by atoms with Gasteiger partial charge < -0.3 is 0 Å². The molecule has 0 N–H and O–H groups in total. The lowest BCUT2D eigenvalue weighted by Crippen LogP contribution is -2.16. The van der Waals surface area contributed by atoms with E-state index in [4.69, 9.17) is 0 Å². The molecule has 0 aromatic heterocycles. The summed E-state index contributed by atoms with van der Waals surface area (Å²) in [4.78, 5) is 0.395. The molecule has 2 nitrogen and oxygen atoms in total. The Morgan fingerprint density at radius 1 is 1.57 bits per heavy atom. The smallest absolute Gasteiger partial charge is 0.150 e. The van der Waals surface area contributed by atoms with Gasteiger partial charge in [-0.1, -0.05) is 15.9 Å². The molecule has 0 aromatic carbocycles. The van der Waals surface area contributed by atoms with Crippen LogP contribution in [-0.2, 0) is 9.84 Å². The average molecular weight is 301 g/mol. The molecule has 2 atom stereocenters. The van der Waals surface area contributed by atoms with Crippen molar-refractivity contribution in [3.8, 4) is 0 Å². The molecule has 1 aliphatic rings. The van der Waals surface area contributed by atoms with Gasteiger partial charge in [-0.15, -0.1) is 0 Å². The molecule has 84 valence electrons. The van der Waals surface area contributed by atoms with Crippen LogP contribution in [0.3, 0.4) is 0 Å². The highest BCUT2D eigenvalue weighted by Crippen LogP contribution is 2.29. The number of sulfone groups is 1. The van der Waals surface area contributed by atoms with Crippen LogP contribution < -0.4 is 0 Å². The predicted octanol–water partition coefficient (Wildman–Crippen LogP) is 2.33. The minimum atomic E-state index is -2.71. The van der Waals surface area contributed by atoms with Gasteiger partial charge in [-0.25, -0.2) is 8.42 Å². The van der Waals surface area contributed by atoms with Gasteiger partial charge in [0.05, 0.1) is 11.5 Å². The maximum atomic E-state index is 11.3. The normalized spacial score (nSPS) is 27.7. The molecule has 1 fully saturated rings. The largest absolute Gasteiger partial charge is 0.229 e. The first-order valence-electron chi connectivity index (χ1n) is 4.88. The summed E-state index contributed by atoms with van der Waals surface area (Å²) >= 11 is 5.46. The summed E-state index contributed by atoms with van der Waals surface area (Å²) < 4.78 is 22.5. The first-order valence-corrected chi connectivity index (χ1v) is 9.01. The quantitative estimate of drug-likeness (QED) is 0.577. The number of thioether (sulfide) groups is 1. The summed E-state index contributed by atoms with van der Waals surface area (Å²) in [5.41, 5.74) is 0. The summed E-state index contributed by atoms with van der Waals surface area (Å²) in [6.07, 6.45) is 5.22. The molecule has 0 saturated carbocycles. The van der Waals surface area contributed by atoms with E-state index in [2.05, 4.69) is 22.2 Å². The van der Waals surface area contributed by atoms with Gasteiger partial charge in [-0.05, 0) is 37.2 Å². The van der Waals surface area contributed by atoms with Crippen LogP contribution in [0.2, 0.25) is 0 Å². The number of hydrogen-bond acceptors (Lipinski definition) is 3. The van der Waals surface area contributed by atoms with Crippen molar-refractivity contribution in [2.75, 3.05) is 23.5 Å². The summed E-state index contributed by atoms with van der Waals surface area (Å²) in [6.45, 7) is 0. The van der Waals surface area contributed by atoms with Crippen LogP contribution >= 0.6 is 27.7 Å². The lowest BCUT2D eigenvalue weighted by atomic mass is 10.0. The highest BCUT2D eigenvalue weighted by Gasteiger charge is 2.31. The van der Waals surface area contributed by atoms with Crippen LogP contribution in [-0.4, -0.2) is 36.8 Å². The fraction of sp³-hybridized carbons (Fsp3) is 1.00. The zero-order valence-electron chi connectivity index (χ0n) is 8.41. The minimum absolute atomic E-state index is 0.349. The Labute approximate surface area is 99.3 Å². The van der Waals surface area contributed by atoms with E-state index in [1.54, 1.807) is 0 Å². The van der Waals surface area contributed by atoms with Gasteiger partial charge in [0.25, 0.3) is 0 Å². The Morgan fingerprint density at radius 3 is 2.79 bits per heavy atom. The van der Waals surface area contributed by atoms with Crippen molar-refractivity contribution in [1.82, 2.24) is 0 Å². The van der Waals surface area contributed by atoms with Crippen molar-refractivity contribution in [2.24, 2.45) is 5.92 Å². The van der Waals surface area contributed by atoms with E-state index in [0.717, 1.165) is 12.8 Å². The zero-order valence-corrected chi connectivity index (χ0v) is 11.6. The number of rotatable bonds is 5. The van der Waals surface area contributed by atoms with Crippen molar-refractivity contribution < 1.29 is 8.42 Å². The van der Waals surface area contributed by atoms with E-state index in [0.29, 0.717) is 22.3 Å². The molecule has 0 aromatic rings. The monoisotopic (exact) mass is 300 g/mol. The SMILES string of the molecule is CSCCCC(Br)C1CCS(=O)(=O)C1. The Morgan fingerprint density at radius 2 is 2.29 bits per heavy atom. The van der Waals surface area contributed by atoms with Crippen molar-refractivity contribution in [2.45, 2.75) is 24.1 Å². The summed E-state index contributed by atoms with van der Waals surface area (Å²) in [7, 11) is -2.71. The van der Waals surface area contributed by atoms with Crippen molar-refractivity contribution in [3.63, 3.8) is 0 Å². The number of alkyl halides is 1. The van der Waals surface area contributed by atoms with Crippen LogP contribution in [0.1, 0.15) is 19.3 Å². The second-order valence-corrected chi connectivity index (χ2v) is 8.20. The van der Waals surface area contributed by atoms with Crippen LogP contribution in [0, 0.1) is 5.92 Å². The molecule has 0 radical (unpaired) electrons. The highest BCUT2D eigenvalue weighted by molar-refractivity contribution is 9.09. The summed E-state index contributed by atoms with van der Waals surface area (Å²) in [5, 5.41) is 0. The maximum Gasteiger partial charge on any atom is 0.150 e.